The van der Waals surface area contributed by atoms with Crippen molar-refractivity contribution in [1.29, 1.82) is 0 Å². The maximum atomic E-state index is 13.3. The van der Waals surface area contributed by atoms with E-state index in [0.717, 1.165) is 23.1 Å². The molecule has 4 atom stereocenters. The standard InChI is InChI=1S/C28H38ClN3O5/c1-19-7-5-8-20(15-19)26-21(9-6-10-22(26)29)28(35,11-3-4-13-36-2)25-18-31(12-14-37-25)27(34)32-16-23(30)24(33)17-32/h5-10,15,23-25,33,35H,3-4,11-14,16-18,30H2,1-2H3/t23-,24+,25?,28?/m1/s1. The number of carbonyl (C=O) groups excluding carboxylic acids is 1. The lowest BCUT2D eigenvalue weighted by molar-refractivity contribution is -0.147. The number of rotatable bonds is 8. The Kier molecular flexibility index (Phi) is 9.11. The first-order valence-corrected chi connectivity index (χ1v) is 13.3. The second-order valence-electron chi connectivity index (χ2n) is 10.1. The van der Waals surface area contributed by atoms with Crippen molar-refractivity contribution in [3.63, 3.8) is 0 Å². The Balaban J connectivity index is 1.68. The summed E-state index contributed by atoms with van der Waals surface area (Å²) in [5.41, 5.74) is 7.98. The number of hydrogen-bond acceptors (Lipinski definition) is 6. The number of hydrogen-bond donors (Lipinski definition) is 3. The van der Waals surface area contributed by atoms with Crippen LogP contribution in [0.4, 0.5) is 4.79 Å². The Morgan fingerprint density at radius 2 is 1.97 bits per heavy atom. The van der Waals surface area contributed by atoms with Crippen LogP contribution in [-0.4, -0.2) is 90.8 Å². The number of halogens is 1. The van der Waals surface area contributed by atoms with Gasteiger partial charge < -0.3 is 35.2 Å². The Morgan fingerprint density at radius 3 is 2.68 bits per heavy atom. The molecule has 202 valence electrons. The van der Waals surface area contributed by atoms with Crippen LogP contribution in [0.3, 0.4) is 0 Å². The molecule has 9 heteroatoms. The van der Waals surface area contributed by atoms with Crippen LogP contribution in [0.1, 0.15) is 30.4 Å². The monoisotopic (exact) mass is 531 g/mol. The van der Waals surface area contributed by atoms with Crippen molar-refractivity contribution in [3.8, 4) is 11.1 Å². The molecule has 37 heavy (non-hydrogen) atoms. The highest BCUT2D eigenvalue weighted by Crippen LogP contribution is 2.43. The number of aliphatic hydroxyl groups is 2. The number of likely N-dealkylation sites (tertiary alicyclic amines) is 1. The third-order valence-corrected chi connectivity index (χ3v) is 7.73. The average Bonchev–Trinajstić information content (AvgIpc) is 3.23. The minimum absolute atomic E-state index is 0.202. The number of methoxy groups -OCH3 is 1. The van der Waals surface area contributed by atoms with Gasteiger partial charge in [-0.2, -0.15) is 0 Å². The molecule has 2 amide bonds. The largest absolute Gasteiger partial charge is 0.390 e. The number of benzene rings is 2. The fraction of sp³-hybridized carbons (Fsp3) is 0.536. The Morgan fingerprint density at radius 1 is 1.19 bits per heavy atom. The Labute approximate surface area is 223 Å². The van der Waals surface area contributed by atoms with E-state index in [1.807, 2.05) is 43.3 Å². The number of nitrogens with two attached hydrogens (primary N) is 1. The van der Waals surface area contributed by atoms with Crippen LogP contribution in [0.25, 0.3) is 11.1 Å². The number of carbonyl (C=O) groups is 1. The molecule has 2 aromatic carbocycles. The van der Waals surface area contributed by atoms with E-state index in [2.05, 4.69) is 6.07 Å². The molecule has 2 unspecified atom stereocenters. The zero-order valence-corrected chi connectivity index (χ0v) is 22.4. The summed E-state index contributed by atoms with van der Waals surface area (Å²) in [5, 5.41) is 23.0. The van der Waals surface area contributed by atoms with Crippen molar-refractivity contribution in [3.05, 3.63) is 58.6 Å². The number of morpholine rings is 1. The number of unbranched alkanes of at least 4 members (excludes halogenated alkanes) is 1. The van der Waals surface area contributed by atoms with E-state index in [0.29, 0.717) is 49.7 Å². The quantitative estimate of drug-likeness (QED) is 0.452. The predicted octanol–water partition coefficient (Wildman–Crippen LogP) is 3.14. The van der Waals surface area contributed by atoms with Crippen LogP contribution in [0, 0.1) is 6.92 Å². The smallest absolute Gasteiger partial charge is 0.320 e. The molecular formula is C28H38ClN3O5. The van der Waals surface area contributed by atoms with Gasteiger partial charge in [0.15, 0.2) is 0 Å². The van der Waals surface area contributed by atoms with Crippen LogP contribution in [-0.2, 0) is 15.1 Å². The number of aryl methyl sites for hydroxylation is 1. The minimum atomic E-state index is -1.41. The van der Waals surface area contributed by atoms with Crippen LogP contribution in [0.15, 0.2) is 42.5 Å². The summed E-state index contributed by atoms with van der Waals surface area (Å²) >= 11 is 6.76. The van der Waals surface area contributed by atoms with Crippen molar-refractivity contribution >= 4 is 17.6 Å². The molecular weight excluding hydrogens is 494 g/mol. The molecule has 2 saturated heterocycles. The van der Waals surface area contributed by atoms with Crippen LogP contribution in [0.5, 0.6) is 0 Å². The molecule has 2 aliphatic rings. The second kappa shape index (κ2) is 12.1. The number of nitrogens with zero attached hydrogens (tertiary/aromatic N) is 2. The lowest BCUT2D eigenvalue weighted by Gasteiger charge is -2.44. The zero-order valence-electron chi connectivity index (χ0n) is 21.6. The van der Waals surface area contributed by atoms with Crippen molar-refractivity contribution in [2.75, 3.05) is 46.5 Å². The van der Waals surface area contributed by atoms with Gasteiger partial charge in [0.1, 0.15) is 11.7 Å². The third-order valence-electron chi connectivity index (χ3n) is 7.42. The van der Waals surface area contributed by atoms with Crippen molar-refractivity contribution in [2.24, 2.45) is 5.73 Å². The molecule has 4 rings (SSSR count). The first-order valence-electron chi connectivity index (χ1n) is 12.9. The molecule has 4 N–H and O–H groups in total. The fourth-order valence-corrected chi connectivity index (χ4v) is 5.65. The van der Waals surface area contributed by atoms with Gasteiger partial charge in [0.05, 0.1) is 19.3 Å². The second-order valence-corrected chi connectivity index (χ2v) is 10.5. The minimum Gasteiger partial charge on any atom is -0.390 e. The van der Waals surface area contributed by atoms with Gasteiger partial charge in [-0.05, 0) is 43.4 Å². The molecule has 0 spiro atoms. The van der Waals surface area contributed by atoms with Gasteiger partial charge in [-0.25, -0.2) is 4.79 Å². The number of amides is 2. The summed E-state index contributed by atoms with van der Waals surface area (Å²) in [7, 11) is 1.66. The van der Waals surface area contributed by atoms with E-state index in [-0.39, 0.29) is 19.1 Å². The summed E-state index contributed by atoms with van der Waals surface area (Å²) in [6.45, 7) is 4.01. The van der Waals surface area contributed by atoms with Gasteiger partial charge in [-0.3, -0.25) is 0 Å². The Bertz CT molecular complexity index is 1080. The van der Waals surface area contributed by atoms with Crippen LogP contribution < -0.4 is 5.73 Å². The van der Waals surface area contributed by atoms with E-state index < -0.39 is 23.9 Å². The molecule has 0 aliphatic carbocycles. The first-order chi connectivity index (χ1) is 17.7. The van der Waals surface area contributed by atoms with Gasteiger partial charge in [-0.15, -0.1) is 0 Å². The molecule has 2 fully saturated rings. The molecule has 0 aromatic heterocycles. The molecule has 2 aromatic rings. The molecule has 0 saturated carbocycles. The van der Waals surface area contributed by atoms with E-state index in [4.69, 9.17) is 26.8 Å². The van der Waals surface area contributed by atoms with E-state index in [1.54, 1.807) is 16.9 Å². The number of β-amino-alcohol motifs (C(OH)–C–C–N with tert-alkyl or cyclic N) is 1. The number of ether oxygens (including phenoxy) is 2. The van der Waals surface area contributed by atoms with Crippen LogP contribution in [0.2, 0.25) is 5.02 Å². The Hall–Kier alpha value is -2.20. The molecule has 0 bridgehead atoms. The predicted molar refractivity (Wildman–Crippen MR) is 144 cm³/mol. The molecule has 8 nitrogen and oxygen atoms in total. The lowest BCUT2D eigenvalue weighted by Crippen LogP contribution is -2.57. The fourth-order valence-electron chi connectivity index (χ4n) is 5.37. The highest BCUT2D eigenvalue weighted by atomic mass is 35.5. The normalized spacial score (nSPS) is 23.8. The first kappa shape index (κ1) is 27.8. The SMILES string of the molecule is COCCCCC(O)(c1cccc(Cl)c1-c1cccc(C)c1)C1CN(C(=O)N2C[C@@H](N)[C@@H](O)C2)CCO1. The van der Waals surface area contributed by atoms with Gasteiger partial charge in [0.25, 0.3) is 0 Å². The van der Waals surface area contributed by atoms with E-state index in [1.165, 1.54) is 0 Å². The molecule has 2 aliphatic heterocycles. The molecule has 0 radical (unpaired) electrons. The maximum Gasteiger partial charge on any atom is 0.320 e. The van der Waals surface area contributed by atoms with Crippen molar-refractivity contribution < 1.29 is 24.5 Å². The summed E-state index contributed by atoms with van der Waals surface area (Å²) in [5.74, 6) is 0. The third kappa shape index (κ3) is 6.11. The van der Waals surface area contributed by atoms with Crippen molar-refractivity contribution in [2.45, 2.75) is 50.0 Å². The number of urea groups is 1. The topological polar surface area (TPSA) is 108 Å². The summed E-state index contributed by atoms with van der Waals surface area (Å²) < 4.78 is 11.4. The highest BCUT2D eigenvalue weighted by molar-refractivity contribution is 6.33. The maximum absolute atomic E-state index is 13.3. The van der Waals surface area contributed by atoms with Crippen molar-refractivity contribution in [1.82, 2.24) is 9.80 Å². The van der Waals surface area contributed by atoms with E-state index in [9.17, 15) is 15.0 Å². The van der Waals surface area contributed by atoms with Gasteiger partial charge >= 0.3 is 6.03 Å². The molecule has 2 heterocycles. The highest BCUT2D eigenvalue weighted by Gasteiger charge is 2.45. The average molecular weight is 532 g/mol. The summed E-state index contributed by atoms with van der Waals surface area (Å²) in [6.07, 6.45) is 0.483. The zero-order chi connectivity index (χ0) is 26.6. The number of aliphatic hydroxyl groups excluding tert-OH is 1. The van der Waals surface area contributed by atoms with Gasteiger partial charge in [0.2, 0.25) is 0 Å². The van der Waals surface area contributed by atoms with Gasteiger partial charge in [-0.1, -0.05) is 53.6 Å². The van der Waals surface area contributed by atoms with E-state index >= 15 is 0 Å². The summed E-state index contributed by atoms with van der Waals surface area (Å²) in [6, 6.07) is 12.9. The summed E-state index contributed by atoms with van der Waals surface area (Å²) in [4.78, 5) is 16.6. The van der Waals surface area contributed by atoms with Gasteiger partial charge in [0, 0.05) is 50.0 Å². The lowest BCUT2D eigenvalue weighted by atomic mass is 9.79. The van der Waals surface area contributed by atoms with Crippen LogP contribution >= 0.6 is 11.6 Å².